The summed E-state index contributed by atoms with van der Waals surface area (Å²) in [5.41, 5.74) is 2.14. The summed E-state index contributed by atoms with van der Waals surface area (Å²) < 4.78 is 15.1. The molecule has 1 aliphatic heterocycles. The summed E-state index contributed by atoms with van der Waals surface area (Å²) >= 11 is 0. The molecule has 0 bridgehead atoms. The standard InChI is InChI=1S/C17H16FN5O2/c1-22-16-14(20-21-22)6-11(8-19-16)17(25)23-9-13(24)7-15(23)10-3-2-4-12(18)5-10/h2-6,8,13,15,24H,7,9H2,1H3/t13-,15+/m0/s1. The monoisotopic (exact) mass is 341 g/mol. The zero-order valence-corrected chi connectivity index (χ0v) is 13.5. The molecule has 1 N–H and O–H groups in total. The molecule has 0 aliphatic carbocycles. The Hall–Kier alpha value is -2.87. The number of hydrogen-bond donors (Lipinski definition) is 1. The summed E-state index contributed by atoms with van der Waals surface area (Å²) in [6, 6.07) is 7.36. The van der Waals surface area contributed by atoms with E-state index in [0.717, 1.165) is 0 Å². The quantitative estimate of drug-likeness (QED) is 0.763. The van der Waals surface area contributed by atoms with Gasteiger partial charge in [-0.2, -0.15) is 0 Å². The Labute approximate surface area is 142 Å². The number of nitrogens with zero attached hydrogens (tertiary/aromatic N) is 5. The van der Waals surface area contributed by atoms with Crippen molar-refractivity contribution in [3.05, 3.63) is 53.5 Å². The average Bonchev–Trinajstić information content (AvgIpc) is 3.17. The minimum atomic E-state index is -0.648. The van der Waals surface area contributed by atoms with Gasteiger partial charge in [0, 0.05) is 19.8 Å². The highest BCUT2D eigenvalue weighted by Crippen LogP contribution is 2.33. The summed E-state index contributed by atoms with van der Waals surface area (Å²) in [6.45, 7) is 0.193. The highest BCUT2D eigenvalue weighted by molar-refractivity contribution is 5.96. The van der Waals surface area contributed by atoms with Crippen molar-refractivity contribution in [3.8, 4) is 0 Å². The highest BCUT2D eigenvalue weighted by atomic mass is 19.1. The first-order chi connectivity index (χ1) is 12.0. The van der Waals surface area contributed by atoms with Gasteiger partial charge in [0.1, 0.15) is 11.3 Å². The number of benzene rings is 1. The number of likely N-dealkylation sites (tertiary alicyclic amines) is 1. The number of aromatic nitrogens is 4. The third kappa shape index (κ3) is 2.74. The lowest BCUT2D eigenvalue weighted by atomic mass is 10.0. The van der Waals surface area contributed by atoms with Crippen LogP contribution >= 0.6 is 0 Å². The van der Waals surface area contributed by atoms with E-state index in [1.807, 2.05) is 0 Å². The molecule has 8 heteroatoms. The van der Waals surface area contributed by atoms with Crippen molar-refractivity contribution in [3.63, 3.8) is 0 Å². The number of pyridine rings is 1. The fourth-order valence-corrected chi connectivity index (χ4v) is 3.28. The van der Waals surface area contributed by atoms with E-state index in [4.69, 9.17) is 0 Å². The van der Waals surface area contributed by atoms with Crippen LogP contribution in [0.15, 0.2) is 36.5 Å². The third-order valence-corrected chi connectivity index (χ3v) is 4.46. The average molecular weight is 341 g/mol. The topological polar surface area (TPSA) is 84.1 Å². The van der Waals surface area contributed by atoms with Gasteiger partial charge in [0.2, 0.25) is 0 Å². The van der Waals surface area contributed by atoms with Crippen LogP contribution in [0.2, 0.25) is 0 Å². The van der Waals surface area contributed by atoms with E-state index in [1.165, 1.54) is 23.0 Å². The number of aliphatic hydroxyl groups excluding tert-OH is 1. The number of aliphatic hydroxyl groups is 1. The fraction of sp³-hybridized carbons (Fsp3) is 0.294. The van der Waals surface area contributed by atoms with Crippen molar-refractivity contribution in [1.29, 1.82) is 0 Å². The number of hydrogen-bond acceptors (Lipinski definition) is 5. The number of fused-ring (bicyclic) bond motifs is 1. The van der Waals surface area contributed by atoms with E-state index in [0.29, 0.717) is 28.7 Å². The number of carbonyl (C=O) groups is 1. The van der Waals surface area contributed by atoms with Crippen LogP contribution in [0.3, 0.4) is 0 Å². The van der Waals surface area contributed by atoms with Crippen molar-refractivity contribution in [1.82, 2.24) is 24.9 Å². The Morgan fingerprint density at radius 1 is 1.36 bits per heavy atom. The second-order valence-electron chi connectivity index (χ2n) is 6.20. The van der Waals surface area contributed by atoms with Gasteiger partial charge in [-0.05, 0) is 30.2 Å². The highest BCUT2D eigenvalue weighted by Gasteiger charge is 2.36. The third-order valence-electron chi connectivity index (χ3n) is 4.46. The minimum absolute atomic E-state index is 0.193. The Morgan fingerprint density at radius 2 is 2.20 bits per heavy atom. The molecule has 2 atom stereocenters. The number of carbonyl (C=O) groups excluding carboxylic acids is 1. The molecule has 4 rings (SSSR count). The summed E-state index contributed by atoms with van der Waals surface area (Å²) in [4.78, 5) is 18.7. The second kappa shape index (κ2) is 5.89. The number of aryl methyl sites for hydroxylation is 1. The van der Waals surface area contributed by atoms with E-state index in [1.54, 1.807) is 30.1 Å². The number of β-amino-alcohol motifs (C(OH)–C–C–N with tert-alkyl or cyclic N) is 1. The maximum absolute atomic E-state index is 13.6. The SMILES string of the molecule is Cn1nnc2cc(C(=O)N3C[C@@H](O)C[C@@H]3c3cccc(F)c3)cnc21. The van der Waals surface area contributed by atoms with Gasteiger partial charge in [-0.3, -0.25) is 4.79 Å². The van der Waals surface area contributed by atoms with Gasteiger partial charge >= 0.3 is 0 Å². The number of halogens is 1. The van der Waals surface area contributed by atoms with Crippen LogP contribution in [0.4, 0.5) is 4.39 Å². The molecule has 0 saturated carbocycles. The molecule has 0 spiro atoms. The van der Waals surface area contributed by atoms with Gasteiger partial charge in [0.25, 0.3) is 5.91 Å². The maximum atomic E-state index is 13.6. The minimum Gasteiger partial charge on any atom is -0.391 e. The zero-order valence-electron chi connectivity index (χ0n) is 13.5. The van der Waals surface area contributed by atoms with Crippen LogP contribution in [0, 0.1) is 5.82 Å². The van der Waals surface area contributed by atoms with Gasteiger partial charge in [-0.1, -0.05) is 17.3 Å². The second-order valence-corrected chi connectivity index (χ2v) is 6.20. The van der Waals surface area contributed by atoms with Crippen LogP contribution in [-0.2, 0) is 7.05 Å². The van der Waals surface area contributed by atoms with Gasteiger partial charge in [0.15, 0.2) is 5.65 Å². The first-order valence-electron chi connectivity index (χ1n) is 7.93. The van der Waals surface area contributed by atoms with Gasteiger partial charge in [-0.25, -0.2) is 14.1 Å². The van der Waals surface area contributed by atoms with Crippen molar-refractivity contribution in [2.75, 3.05) is 6.54 Å². The summed E-state index contributed by atoms with van der Waals surface area (Å²) in [5, 5.41) is 17.9. The van der Waals surface area contributed by atoms with Crippen LogP contribution < -0.4 is 0 Å². The van der Waals surface area contributed by atoms with Crippen LogP contribution in [0.5, 0.6) is 0 Å². The molecule has 1 amide bonds. The van der Waals surface area contributed by atoms with Gasteiger partial charge in [-0.15, -0.1) is 5.10 Å². The molecular formula is C17H16FN5O2. The first kappa shape index (κ1) is 15.6. The molecule has 0 unspecified atom stereocenters. The smallest absolute Gasteiger partial charge is 0.256 e. The van der Waals surface area contributed by atoms with Crippen LogP contribution in [0.1, 0.15) is 28.4 Å². The Morgan fingerprint density at radius 3 is 3.00 bits per heavy atom. The maximum Gasteiger partial charge on any atom is 0.256 e. The molecule has 0 radical (unpaired) electrons. The Balaban J connectivity index is 1.68. The van der Waals surface area contributed by atoms with Gasteiger partial charge in [0.05, 0.1) is 17.7 Å². The van der Waals surface area contributed by atoms with Crippen LogP contribution in [-0.4, -0.2) is 48.5 Å². The summed E-state index contributed by atoms with van der Waals surface area (Å²) in [7, 11) is 1.72. The molecule has 25 heavy (non-hydrogen) atoms. The summed E-state index contributed by atoms with van der Waals surface area (Å²) in [5.74, 6) is -0.639. The first-order valence-corrected chi connectivity index (χ1v) is 7.93. The molecule has 1 aromatic carbocycles. The predicted molar refractivity (Wildman–Crippen MR) is 87.1 cm³/mol. The lowest BCUT2D eigenvalue weighted by Gasteiger charge is -2.24. The molecule has 3 heterocycles. The Bertz CT molecular complexity index is 957. The molecule has 128 valence electrons. The van der Waals surface area contributed by atoms with E-state index in [-0.39, 0.29) is 24.3 Å². The predicted octanol–water partition coefficient (Wildman–Crippen LogP) is 1.45. The van der Waals surface area contributed by atoms with Crippen molar-refractivity contribution < 1.29 is 14.3 Å². The molecular weight excluding hydrogens is 325 g/mol. The van der Waals surface area contributed by atoms with Crippen molar-refractivity contribution in [2.45, 2.75) is 18.6 Å². The molecule has 7 nitrogen and oxygen atoms in total. The summed E-state index contributed by atoms with van der Waals surface area (Å²) in [6.07, 6.45) is 1.20. The van der Waals surface area contributed by atoms with E-state index in [9.17, 15) is 14.3 Å². The number of rotatable bonds is 2. The Kier molecular flexibility index (Phi) is 3.69. The largest absolute Gasteiger partial charge is 0.391 e. The van der Waals surface area contributed by atoms with E-state index in [2.05, 4.69) is 15.3 Å². The zero-order chi connectivity index (χ0) is 17.6. The van der Waals surface area contributed by atoms with E-state index < -0.39 is 6.10 Å². The molecule has 1 aliphatic rings. The lowest BCUT2D eigenvalue weighted by Crippen LogP contribution is -2.31. The van der Waals surface area contributed by atoms with Crippen LogP contribution in [0.25, 0.3) is 11.2 Å². The fourth-order valence-electron chi connectivity index (χ4n) is 3.28. The van der Waals surface area contributed by atoms with Crippen molar-refractivity contribution >= 4 is 17.1 Å². The van der Waals surface area contributed by atoms with Gasteiger partial charge < -0.3 is 10.0 Å². The van der Waals surface area contributed by atoms with Crippen molar-refractivity contribution in [2.24, 2.45) is 7.05 Å². The molecule has 1 fully saturated rings. The molecule has 3 aromatic rings. The lowest BCUT2D eigenvalue weighted by molar-refractivity contribution is 0.0715. The van der Waals surface area contributed by atoms with E-state index >= 15 is 0 Å². The number of amides is 1. The normalized spacial score (nSPS) is 20.4. The molecule has 2 aromatic heterocycles. The molecule has 1 saturated heterocycles.